The molecular weight excluding hydrogens is 376 g/mol. The van der Waals surface area contributed by atoms with Gasteiger partial charge >= 0.3 is 5.69 Å². The Bertz CT molecular complexity index is 929. The van der Waals surface area contributed by atoms with Gasteiger partial charge in [0, 0.05) is 26.7 Å². The number of rotatable bonds is 5. The standard InChI is InChI=1S/C17H26N4O3S.ClH/c1-20-15-9-8-13(10-16(15)21(2)17(20)22)25(23,24)19-14(11-18)12-6-4-3-5-7-12;/h8-10,12,14,19H,3-7,11,18H2,1-2H3;1H. The van der Waals surface area contributed by atoms with E-state index in [4.69, 9.17) is 5.73 Å². The van der Waals surface area contributed by atoms with Crippen LogP contribution in [0.15, 0.2) is 27.9 Å². The van der Waals surface area contributed by atoms with Crippen LogP contribution in [0.5, 0.6) is 0 Å². The molecule has 1 atom stereocenters. The lowest BCUT2D eigenvalue weighted by Gasteiger charge is -2.29. The molecule has 1 aliphatic rings. The number of sulfonamides is 1. The van der Waals surface area contributed by atoms with Crippen molar-refractivity contribution in [2.75, 3.05) is 6.54 Å². The number of aryl methyl sites for hydroxylation is 2. The summed E-state index contributed by atoms with van der Waals surface area (Å²) in [6.45, 7) is 0.288. The lowest BCUT2D eigenvalue weighted by molar-refractivity contribution is 0.294. The second kappa shape index (κ2) is 8.12. The molecule has 0 bridgehead atoms. The molecule has 26 heavy (non-hydrogen) atoms. The normalized spacial score (nSPS) is 17.2. The minimum atomic E-state index is -3.69. The molecule has 1 aromatic heterocycles. The first-order valence-electron chi connectivity index (χ1n) is 8.73. The number of fused-ring (bicyclic) bond motifs is 1. The van der Waals surface area contributed by atoms with E-state index >= 15 is 0 Å². The highest BCUT2D eigenvalue weighted by Crippen LogP contribution is 2.27. The van der Waals surface area contributed by atoms with Gasteiger partial charge in [-0.1, -0.05) is 19.3 Å². The van der Waals surface area contributed by atoms with E-state index in [9.17, 15) is 13.2 Å². The van der Waals surface area contributed by atoms with Crippen LogP contribution in [0.4, 0.5) is 0 Å². The molecule has 0 aliphatic heterocycles. The Morgan fingerprint density at radius 3 is 2.38 bits per heavy atom. The van der Waals surface area contributed by atoms with Crippen molar-refractivity contribution in [3.8, 4) is 0 Å². The number of benzene rings is 1. The molecule has 1 aromatic carbocycles. The summed E-state index contributed by atoms with van der Waals surface area (Å²) < 4.78 is 31.4. The van der Waals surface area contributed by atoms with Gasteiger partial charge in [0.1, 0.15) is 0 Å². The Morgan fingerprint density at radius 2 is 1.77 bits per heavy atom. The molecule has 0 amide bonds. The molecule has 1 saturated carbocycles. The van der Waals surface area contributed by atoms with Gasteiger partial charge in [0.15, 0.2) is 0 Å². The SMILES string of the molecule is Cl.Cn1c(=O)n(C)c2cc(S(=O)(=O)NC(CN)C3CCCCC3)ccc21. The molecule has 1 heterocycles. The first-order valence-corrected chi connectivity index (χ1v) is 10.2. The Kier molecular flexibility index (Phi) is 6.55. The Balaban J connectivity index is 0.00000243. The first-order chi connectivity index (χ1) is 11.8. The van der Waals surface area contributed by atoms with Gasteiger partial charge in [0.2, 0.25) is 10.0 Å². The zero-order valence-electron chi connectivity index (χ0n) is 15.1. The molecule has 1 fully saturated rings. The number of nitrogens with two attached hydrogens (primary N) is 1. The number of halogens is 1. The van der Waals surface area contributed by atoms with Crippen LogP contribution in [-0.2, 0) is 24.1 Å². The Morgan fingerprint density at radius 1 is 1.15 bits per heavy atom. The van der Waals surface area contributed by atoms with Crippen molar-refractivity contribution in [2.24, 2.45) is 25.7 Å². The molecule has 3 N–H and O–H groups in total. The van der Waals surface area contributed by atoms with Gasteiger partial charge in [-0.05, 0) is 37.0 Å². The average Bonchev–Trinajstić information content (AvgIpc) is 2.84. The van der Waals surface area contributed by atoms with Crippen molar-refractivity contribution >= 4 is 33.5 Å². The quantitative estimate of drug-likeness (QED) is 0.791. The van der Waals surface area contributed by atoms with E-state index in [-0.39, 0.29) is 35.6 Å². The van der Waals surface area contributed by atoms with Gasteiger partial charge in [-0.15, -0.1) is 12.4 Å². The molecule has 7 nitrogen and oxygen atoms in total. The third-order valence-corrected chi connectivity index (χ3v) is 6.82. The fourth-order valence-corrected chi connectivity index (χ4v) is 5.13. The van der Waals surface area contributed by atoms with Crippen LogP contribution in [0.25, 0.3) is 11.0 Å². The largest absolute Gasteiger partial charge is 0.329 e. The third-order valence-electron chi connectivity index (χ3n) is 5.33. The van der Waals surface area contributed by atoms with Crippen LogP contribution >= 0.6 is 12.4 Å². The number of hydrogen-bond acceptors (Lipinski definition) is 4. The monoisotopic (exact) mass is 402 g/mol. The zero-order valence-corrected chi connectivity index (χ0v) is 16.8. The van der Waals surface area contributed by atoms with E-state index in [1.807, 2.05) is 0 Å². The summed E-state index contributed by atoms with van der Waals surface area (Å²) in [5, 5.41) is 0. The lowest BCUT2D eigenvalue weighted by atomic mass is 9.84. The molecule has 0 radical (unpaired) electrons. The van der Waals surface area contributed by atoms with Crippen molar-refractivity contribution in [1.29, 1.82) is 0 Å². The van der Waals surface area contributed by atoms with Gasteiger partial charge in [-0.3, -0.25) is 9.13 Å². The van der Waals surface area contributed by atoms with Crippen LogP contribution in [0.3, 0.4) is 0 Å². The first kappa shape index (κ1) is 21.0. The maximum atomic E-state index is 12.8. The summed E-state index contributed by atoms with van der Waals surface area (Å²) in [7, 11) is -0.378. The predicted octanol–water partition coefficient (Wildman–Crippen LogP) is 1.48. The van der Waals surface area contributed by atoms with E-state index in [0.717, 1.165) is 25.7 Å². The molecule has 1 unspecified atom stereocenters. The van der Waals surface area contributed by atoms with Crippen molar-refractivity contribution < 1.29 is 8.42 Å². The number of aromatic nitrogens is 2. The predicted molar refractivity (Wildman–Crippen MR) is 105 cm³/mol. The zero-order chi connectivity index (χ0) is 18.2. The van der Waals surface area contributed by atoms with Gasteiger partial charge in [0.25, 0.3) is 0 Å². The highest BCUT2D eigenvalue weighted by molar-refractivity contribution is 7.89. The summed E-state index contributed by atoms with van der Waals surface area (Å²) in [5.41, 5.74) is 6.97. The molecule has 9 heteroatoms. The van der Waals surface area contributed by atoms with Crippen LogP contribution in [0.1, 0.15) is 32.1 Å². The van der Waals surface area contributed by atoms with E-state index in [1.54, 1.807) is 32.3 Å². The highest BCUT2D eigenvalue weighted by atomic mass is 35.5. The van der Waals surface area contributed by atoms with Crippen molar-refractivity contribution in [2.45, 2.75) is 43.0 Å². The summed E-state index contributed by atoms with van der Waals surface area (Å²) in [6, 6.07) is 4.51. The van der Waals surface area contributed by atoms with Gasteiger partial charge < -0.3 is 5.73 Å². The number of nitrogens with zero attached hydrogens (tertiary/aromatic N) is 2. The Labute approximate surface area is 160 Å². The summed E-state index contributed by atoms with van der Waals surface area (Å²) in [4.78, 5) is 12.2. The fourth-order valence-electron chi connectivity index (χ4n) is 3.79. The van der Waals surface area contributed by atoms with Crippen molar-refractivity contribution in [3.63, 3.8) is 0 Å². The fraction of sp³-hybridized carbons (Fsp3) is 0.588. The number of hydrogen-bond donors (Lipinski definition) is 2. The van der Waals surface area contributed by atoms with Gasteiger partial charge in [0.05, 0.1) is 15.9 Å². The topological polar surface area (TPSA) is 99.1 Å². The highest BCUT2D eigenvalue weighted by Gasteiger charge is 2.27. The van der Waals surface area contributed by atoms with Crippen LogP contribution in [-0.4, -0.2) is 30.1 Å². The summed E-state index contributed by atoms with van der Waals surface area (Å²) in [5.74, 6) is 0.290. The average molecular weight is 403 g/mol. The number of nitrogens with one attached hydrogen (secondary N) is 1. The smallest absolute Gasteiger partial charge is 0.328 e. The minimum absolute atomic E-state index is 0. The van der Waals surface area contributed by atoms with E-state index in [0.29, 0.717) is 17.0 Å². The second-order valence-electron chi connectivity index (χ2n) is 6.91. The molecule has 2 aromatic rings. The molecular formula is C17H27ClN4O3S. The molecule has 0 spiro atoms. The van der Waals surface area contributed by atoms with Crippen molar-refractivity contribution in [3.05, 3.63) is 28.7 Å². The van der Waals surface area contributed by atoms with Crippen LogP contribution in [0, 0.1) is 5.92 Å². The minimum Gasteiger partial charge on any atom is -0.329 e. The molecule has 0 saturated heterocycles. The maximum absolute atomic E-state index is 12.8. The van der Waals surface area contributed by atoms with E-state index in [2.05, 4.69) is 4.72 Å². The van der Waals surface area contributed by atoms with Gasteiger partial charge in [-0.25, -0.2) is 17.9 Å². The van der Waals surface area contributed by atoms with Crippen molar-refractivity contribution in [1.82, 2.24) is 13.9 Å². The summed E-state index contributed by atoms with van der Waals surface area (Å²) in [6.07, 6.45) is 5.48. The van der Waals surface area contributed by atoms with Gasteiger partial charge in [-0.2, -0.15) is 0 Å². The van der Waals surface area contributed by atoms with E-state index in [1.165, 1.54) is 15.6 Å². The summed E-state index contributed by atoms with van der Waals surface area (Å²) >= 11 is 0. The Hall–Kier alpha value is -1.35. The number of imidazole rings is 1. The van der Waals surface area contributed by atoms with E-state index < -0.39 is 10.0 Å². The second-order valence-corrected chi connectivity index (χ2v) is 8.63. The third kappa shape index (κ3) is 3.83. The van der Waals surface area contributed by atoms with Crippen LogP contribution in [0.2, 0.25) is 0 Å². The maximum Gasteiger partial charge on any atom is 0.328 e. The lowest BCUT2D eigenvalue weighted by Crippen LogP contribution is -2.45. The molecule has 3 rings (SSSR count). The molecule has 1 aliphatic carbocycles. The molecule has 146 valence electrons. The van der Waals surface area contributed by atoms with Crippen LogP contribution < -0.4 is 16.1 Å².